The number of thiophene rings is 1. The minimum absolute atomic E-state index is 0.0234. The molecule has 0 saturated carbocycles. The normalized spacial score (nSPS) is 14.1. The molecule has 2 N–H and O–H groups in total. The quantitative estimate of drug-likeness (QED) is 0.474. The van der Waals surface area contributed by atoms with Gasteiger partial charge in [-0.05, 0) is 71.6 Å². The van der Waals surface area contributed by atoms with Crippen LogP contribution in [0.3, 0.4) is 0 Å². The van der Waals surface area contributed by atoms with Crippen LogP contribution in [0.25, 0.3) is 0 Å². The molecule has 0 bridgehead atoms. The Kier molecular flexibility index (Phi) is 7.47. The molecule has 2 aromatic heterocycles. The number of nitrogens with one attached hydrogen (secondary N) is 2. The highest BCUT2D eigenvalue weighted by Crippen LogP contribution is 2.23. The molecule has 3 amide bonds. The molecule has 4 rings (SSSR count). The lowest BCUT2D eigenvalue weighted by molar-refractivity contribution is -0.118. The Labute approximate surface area is 210 Å². The Morgan fingerprint density at radius 2 is 1.94 bits per heavy atom. The number of halogens is 1. The number of carbonyl (C=O) groups excluding carboxylic acids is 3. The van der Waals surface area contributed by atoms with E-state index in [0.717, 1.165) is 35.3 Å². The van der Waals surface area contributed by atoms with Gasteiger partial charge in [-0.15, -0.1) is 11.3 Å². The molecule has 0 unspecified atom stereocenters. The summed E-state index contributed by atoms with van der Waals surface area (Å²) in [7, 11) is 1.85. The Bertz CT molecular complexity index is 1210. The number of hydrogen-bond acceptors (Lipinski definition) is 5. The number of rotatable bonds is 7. The first-order chi connectivity index (χ1) is 16.3. The number of benzene rings is 1. The average molecular weight is 544 g/mol. The van der Waals surface area contributed by atoms with Crippen molar-refractivity contribution in [3.63, 3.8) is 0 Å². The molecule has 3 heterocycles. The van der Waals surface area contributed by atoms with Crippen molar-refractivity contribution in [3.8, 4) is 0 Å². The van der Waals surface area contributed by atoms with E-state index in [2.05, 4.69) is 31.5 Å². The maximum Gasteiger partial charge on any atom is 0.262 e. The first-order valence-corrected chi connectivity index (χ1v) is 12.6. The van der Waals surface area contributed by atoms with Crippen molar-refractivity contribution < 1.29 is 14.4 Å². The molecule has 1 aliphatic heterocycles. The lowest BCUT2D eigenvalue weighted by Gasteiger charge is -2.19. The molecule has 178 valence electrons. The van der Waals surface area contributed by atoms with Crippen molar-refractivity contribution in [1.29, 1.82) is 0 Å². The molecule has 10 heteroatoms. The molecule has 8 nitrogen and oxygen atoms in total. The van der Waals surface area contributed by atoms with Gasteiger partial charge in [0.05, 0.1) is 20.7 Å². The fourth-order valence-electron chi connectivity index (χ4n) is 3.96. The molecule has 34 heavy (non-hydrogen) atoms. The fourth-order valence-corrected chi connectivity index (χ4v) is 5.25. The molecule has 0 radical (unpaired) electrons. The van der Waals surface area contributed by atoms with E-state index in [1.165, 1.54) is 11.3 Å². The summed E-state index contributed by atoms with van der Waals surface area (Å²) in [6.45, 7) is 3.43. The number of amides is 3. The number of nitrogens with zero attached hydrogens (tertiary/aromatic N) is 3. The minimum Gasteiger partial charge on any atom is -0.340 e. The average Bonchev–Trinajstić information content (AvgIpc) is 3.55. The highest BCUT2D eigenvalue weighted by Gasteiger charge is 2.25. The molecule has 0 aliphatic carbocycles. The van der Waals surface area contributed by atoms with Crippen molar-refractivity contribution in [1.82, 2.24) is 19.8 Å². The van der Waals surface area contributed by atoms with Crippen LogP contribution in [0, 0.1) is 6.92 Å². The SMILES string of the molecule is Cc1cc(NC(=O)[C@@H](Cc2cn(C)cn2)NC(=O)c2ccc(Br)s2)ccc1C(=O)N1CCCC1. The lowest BCUT2D eigenvalue weighted by Crippen LogP contribution is -2.45. The van der Waals surface area contributed by atoms with Crippen molar-refractivity contribution in [3.05, 3.63) is 68.3 Å². The summed E-state index contributed by atoms with van der Waals surface area (Å²) >= 11 is 4.66. The second kappa shape index (κ2) is 10.5. The summed E-state index contributed by atoms with van der Waals surface area (Å²) in [6.07, 6.45) is 5.78. The predicted octanol–water partition coefficient (Wildman–Crippen LogP) is 3.77. The Balaban J connectivity index is 1.49. The number of imidazole rings is 1. The van der Waals surface area contributed by atoms with Crippen LogP contribution in [0.1, 0.15) is 44.1 Å². The zero-order valence-electron chi connectivity index (χ0n) is 19.0. The molecular formula is C24H26BrN5O3S. The summed E-state index contributed by atoms with van der Waals surface area (Å²) < 4.78 is 2.63. The third-order valence-corrected chi connectivity index (χ3v) is 7.33. The van der Waals surface area contributed by atoms with Gasteiger partial charge in [0.15, 0.2) is 0 Å². The fraction of sp³-hybridized carbons (Fsp3) is 0.333. The monoisotopic (exact) mass is 543 g/mol. The summed E-state index contributed by atoms with van der Waals surface area (Å²) in [5.74, 6) is -0.655. The molecule has 1 atom stereocenters. The van der Waals surface area contributed by atoms with Gasteiger partial charge in [-0.25, -0.2) is 4.98 Å². The van der Waals surface area contributed by atoms with Crippen LogP contribution < -0.4 is 10.6 Å². The standard InChI is InChI=1S/C24H26BrN5O3S/c1-15-11-16(5-6-18(15)24(33)30-9-3-4-10-30)27-22(31)19(12-17-13-29(2)14-26-17)28-23(32)20-7-8-21(25)34-20/h5-8,11,13-14,19H,3-4,9-10,12H2,1-2H3,(H,27,31)(H,28,32)/t19-/m1/s1. The smallest absolute Gasteiger partial charge is 0.262 e. The van der Waals surface area contributed by atoms with Crippen LogP contribution in [0.2, 0.25) is 0 Å². The second-order valence-corrected chi connectivity index (χ2v) is 10.8. The van der Waals surface area contributed by atoms with E-state index in [1.807, 2.05) is 25.1 Å². The molecule has 3 aromatic rings. The molecule has 1 saturated heterocycles. The second-order valence-electron chi connectivity index (χ2n) is 8.38. The van der Waals surface area contributed by atoms with Crippen molar-refractivity contribution >= 4 is 50.7 Å². The zero-order chi connectivity index (χ0) is 24.2. The number of carbonyl (C=O) groups is 3. The first kappa shape index (κ1) is 24.2. The maximum absolute atomic E-state index is 13.2. The third-order valence-electron chi connectivity index (χ3n) is 5.71. The van der Waals surface area contributed by atoms with Gasteiger partial charge < -0.3 is 20.1 Å². The highest BCUT2D eigenvalue weighted by atomic mass is 79.9. The van der Waals surface area contributed by atoms with Gasteiger partial charge in [0.2, 0.25) is 5.91 Å². The van der Waals surface area contributed by atoms with Crippen LogP contribution in [0.5, 0.6) is 0 Å². The van der Waals surface area contributed by atoms with E-state index in [0.29, 0.717) is 21.8 Å². The van der Waals surface area contributed by atoms with Gasteiger partial charge in [-0.1, -0.05) is 0 Å². The third kappa shape index (κ3) is 5.74. The zero-order valence-corrected chi connectivity index (χ0v) is 21.4. The number of hydrogen-bond donors (Lipinski definition) is 2. The van der Waals surface area contributed by atoms with Gasteiger partial charge in [-0.3, -0.25) is 14.4 Å². The number of aryl methyl sites for hydroxylation is 2. The summed E-state index contributed by atoms with van der Waals surface area (Å²) in [5.41, 5.74) is 2.70. The number of likely N-dealkylation sites (tertiary alicyclic amines) is 1. The van der Waals surface area contributed by atoms with E-state index < -0.39 is 6.04 Å². The van der Waals surface area contributed by atoms with E-state index in [9.17, 15) is 14.4 Å². The van der Waals surface area contributed by atoms with Gasteiger partial charge in [0, 0.05) is 44.0 Å². The largest absolute Gasteiger partial charge is 0.340 e. The molecule has 1 aromatic carbocycles. The van der Waals surface area contributed by atoms with E-state index in [-0.39, 0.29) is 24.1 Å². The minimum atomic E-state index is -0.825. The lowest BCUT2D eigenvalue weighted by atomic mass is 10.1. The van der Waals surface area contributed by atoms with Gasteiger partial charge >= 0.3 is 0 Å². The Morgan fingerprint density at radius 1 is 1.18 bits per heavy atom. The van der Waals surface area contributed by atoms with E-state index in [4.69, 9.17) is 0 Å². The number of anilines is 1. The van der Waals surface area contributed by atoms with Crippen LogP contribution in [-0.4, -0.2) is 51.3 Å². The molecule has 0 spiro atoms. The topological polar surface area (TPSA) is 96.3 Å². The van der Waals surface area contributed by atoms with Gasteiger partial charge in [0.25, 0.3) is 11.8 Å². The van der Waals surface area contributed by atoms with Crippen molar-refractivity contribution in [2.45, 2.75) is 32.2 Å². The van der Waals surface area contributed by atoms with Crippen LogP contribution in [-0.2, 0) is 18.3 Å². The highest BCUT2D eigenvalue weighted by molar-refractivity contribution is 9.11. The number of aromatic nitrogens is 2. The first-order valence-electron chi connectivity index (χ1n) is 11.0. The van der Waals surface area contributed by atoms with E-state index >= 15 is 0 Å². The van der Waals surface area contributed by atoms with Crippen LogP contribution in [0.4, 0.5) is 5.69 Å². The summed E-state index contributed by atoms with van der Waals surface area (Å²) in [4.78, 5) is 45.4. The molecular weight excluding hydrogens is 518 g/mol. The maximum atomic E-state index is 13.2. The predicted molar refractivity (Wildman–Crippen MR) is 135 cm³/mol. The van der Waals surface area contributed by atoms with E-state index in [1.54, 1.807) is 41.2 Å². The van der Waals surface area contributed by atoms with Crippen molar-refractivity contribution in [2.75, 3.05) is 18.4 Å². The molecule has 1 fully saturated rings. The Morgan fingerprint density at radius 3 is 2.56 bits per heavy atom. The van der Waals surface area contributed by atoms with Crippen LogP contribution in [0.15, 0.2) is 46.6 Å². The summed E-state index contributed by atoms with van der Waals surface area (Å²) in [6, 6.07) is 7.94. The summed E-state index contributed by atoms with van der Waals surface area (Å²) in [5, 5.41) is 5.72. The van der Waals surface area contributed by atoms with Gasteiger partial charge in [0.1, 0.15) is 6.04 Å². The van der Waals surface area contributed by atoms with Crippen molar-refractivity contribution in [2.24, 2.45) is 7.05 Å². The Hall–Kier alpha value is -2.98. The molecule has 1 aliphatic rings. The van der Waals surface area contributed by atoms with Crippen LogP contribution >= 0.6 is 27.3 Å². The van der Waals surface area contributed by atoms with Gasteiger partial charge in [-0.2, -0.15) is 0 Å².